The Kier molecular flexibility index (Phi) is 8.21. The van der Waals surface area contributed by atoms with E-state index in [9.17, 15) is 22.8 Å². The number of rotatable bonds is 8. The van der Waals surface area contributed by atoms with Crippen LogP contribution in [-0.4, -0.2) is 32.7 Å². The molecule has 0 atom stereocenters. The lowest BCUT2D eigenvalue weighted by Crippen LogP contribution is -2.38. The molecule has 43 heavy (non-hydrogen) atoms. The summed E-state index contributed by atoms with van der Waals surface area (Å²) in [5.74, 6) is -1.81. The van der Waals surface area contributed by atoms with Crippen LogP contribution in [0, 0.1) is 13.8 Å². The van der Waals surface area contributed by atoms with Crippen LogP contribution >= 0.6 is 11.6 Å². The minimum Gasteiger partial charge on any atom is -0.462 e. The minimum absolute atomic E-state index is 0.00590. The summed E-state index contributed by atoms with van der Waals surface area (Å²) in [6.45, 7) is 5.19. The van der Waals surface area contributed by atoms with Gasteiger partial charge in [-0.3, -0.25) is 9.59 Å². The highest BCUT2D eigenvalue weighted by molar-refractivity contribution is 7.93. The van der Waals surface area contributed by atoms with E-state index in [0.29, 0.717) is 14.9 Å². The Morgan fingerprint density at radius 3 is 2.16 bits per heavy atom. The van der Waals surface area contributed by atoms with Crippen LogP contribution in [0.25, 0.3) is 11.0 Å². The number of benzene rings is 4. The molecule has 5 rings (SSSR count). The lowest BCUT2D eigenvalue weighted by atomic mass is 9.98. The van der Waals surface area contributed by atoms with Gasteiger partial charge < -0.3 is 9.15 Å². The fourth-order valence-corrected chi connectivity index (χ4v) is 6.23. The SMILES string of the molecule is CCOC(=O)c1c(C)oc2ccc(N(C(=O)c3ccccc3C(=O)c3ccc(Cl)cc3)S(=O)(=O)c3ccc(C)cc3)cc12. The van der Waals surface area contributed by atoms with Crippen molar-refractivity contribution in [2.24, 2.45) is 0 Å². The Hall–Kier alpha value is -4.73. The molecule has 0 bridgehead atoms. The van der Waals surface area contributed by atoms with Crippen LogP contribution in [0.15, 0.2) is 100 Å². The van der Waals surface area contributed by atoms with E-state index < -0.39 is 27.7 Å². The van der Waals surface area contributed by atoms with Crippen molar-refractivity contribution in [2.45, 2.75) is 25.7 Å². The van der Waals surface area contributed by atoms with Gasteiger partial charge in [0.05, 0.1) is 22.8 Å². The number of halogens is 1. The molecule has 0 spiro atoms. The summed E-state index contributed by atoms with van der Waals surface area (Å²) in [6.07, 6.45) is 0. The summed E-state index contributed by atoms with van der Waals surface area (Å²) in [6, 6.07) is 22.5. The van der Waals surface area contributed by atoms with Gasteiger partial charge in [0.1, 0.15) is 16.9 Å². The molecule has 4 aromatic carbocycles. The molecule has 0 aliphatic carbocycles. The molecule has 0 aliphatic rings. The van der Waals surface area contributed by atoms with E-state index in [1.807, 2.05) is 6.92 Å². The normalized spacial score (nSPS) is 11.3. The number of amides is 1. The highest BCUT2D eigenvalue weighted by Gasteiger charge is 2.35. The molecule has 5 aromatic rings. The average molecular weight is 616 g/mol. The number of fused-ring (bicyclic) bond motifs is 1. The maximum Gasteiger partial charge on any atom is 0.342 e. The number of nitrogens with zero attached hydrogens (tertiary/aromatic N) is 1. The zero-order chi connectivity index (χ0) is 30.9. The summed E-state index contributed by atoms with van der Waals surface area (Å²) >= 11 is 5.99. The monoisotopic (exact) mass is 615 g/mol. The van der Waals surface area contributed by atoms with Crippen molar-refractivity contribution in [2.75, 3.05) is 10.9 Å². The Morgan fingerprint density at radius 2 is 1.51 bits per heavy atom. The molecule has 0 saturated carbocycles. The second kappa shape index (κ2) is 11.9. The van der Waals surface area contributed by atoms with Crippen LogP contribution in [0.5, 0.6) is 0 Å². The first-order valence-electron chi connectivity index (χ1n) is 13.3. The third kappa shape index (κ3) is 5.69. The van der Waals surface area contributed by atoms with Crippen molar-refractivity contribution in [3.63, 3.8) is 0 Å². The highest BCUT2D eigenvalue weighted by Crippen LogP contribution is 2.34. The Labute approximate surface area is 253 Å². The molecule has 1 aromatic heterocycles. The van der Waals surface area contributed by atoms with Gasteiger partial charge in [0.25, 0.3) is 15.9 Å². The molecule has 0 radical (unpaired) electrons. The number of carbonyl (C=O) groups excluding carboxylic acids is 3. The molecule has 0 aliphatic heterocycles. The van der Waals surface area contributed by atoms with Gasteiger partial charge in [-0.1, -0.05) is 47.5 Å². The zero-order valence-electron chi connectivity index (χ0n) is 23.5. The van der Waals surface area contributed by atoms with Gasteiger partial charge in [-0.15, -0.1) is 0 Å². The molecule has 0 fully saturated rings. The number of hydrogen-bond acceptors (Lipinski definition) is 7. The lowest BCUT2D eigenvalue weighted by molar-refractivity contribution is 0.0526. The summed E-state index contributed by atoms with van der Waals surface area (Å²) in [7, 11) is -4.53. The van der Waals surface area contributed by atoms with E-state index in [1.165, 1.54) is 54.6 Å². The van der Waals surface area contributed by atoms with Crippen LogP contribution in [0.1, 0.15) is 54.9 Å². The predicted molar refractivity (Wildman–Crippen MR) is 163 cm³/mol. The second-order valence-electron chi connectivity index (χ2n) is 9.70. The number of furan rings is 1. The van der Waals surface area contributed by atoms with Crippen molar-refractivity contribution >= 4 is 55.9 Å². The van der Waals surface area contributed by atoms with Crippen molar-refractivity contribution in [3.05, 3.63) is 130 Å². The zero-order valence-corrected chi connectivity index (χ0v) is 25.0. The first-order chi connectivity index (χ1) is 20.5. The van der Waals surface area contributed by atoms with Crippen LogP contribution < -0.4 is 4.31 Å². The molecule has 1 amide bonds. The molecule has 0 unspecified atom stereocenters. The van der Waals surface area contributed by atoms with Crippen LogP contribution in [0.3, 0.4) is 0 Å². The third-order valence-electron chi connectivity index (χ3n) is 6.81. The van der Waals surface area contributed by atoms with Gasteiger partial charge in [-0.2, -0.15) is 4.31 Å². The van der Waals surface area contributed by atoms with E-state index in [-0.39, 0.29) is 50.6 Å². The summed E-state index contributed by atoms with van der Waals surface area (Å²) in [5.41, 5.74) is 1.34. The molecule has 10 heteroatoms. The topological polar surface area (TPSA) is 111 Å². The largest absolute Gasteiger partial charge is 0.462 e. The van der Waals surface area contributed by atoms with E-state index in [0.717, 1.165) is 5.56 Å². The maximum absolute atomic E-state index is 14.4. The molecule has 8 nitrogen and oxygen atoms in total. The van der Waals surface area contributed by atoms with Gasteiger partial charge in [-0.05, 0) is 81.4 Å². The summed E-state index contributed by atoms with van der Waals surface area (Å²) < 4.78 is 40.0. The predicted octanol–water partition coefficient (Wildman–Crippen LogP) is 7.15. The van der Waals surface area contributed by atoms with E-state index in [2.05, 4.69) is 0 Å². The molecular weight excluding hydrogens is 590 g/mol. The number of anilines is 1. The van der Waals surface area contributed by atoms with Crippen LogP contribution in [0.2, 0.25) is 5.02 Å². The number of aryl methyl sites for hydroxylation is 2. The molecule has 1 heterocycles. The fraction of sp³-hybridized carbons (Fsp3) is 0.121. The van der Waals surface area contributed by atoms with Gasteiger partial charge in [0.15, 0.2) is 5.78 Å². The average Bonchev–Trinajstić information content (AvgIpc) is 3.32. The van der Waals surface area contributed by atoms with E-state index >= 15 is 0 Å². The van der Waals surface area contributed by atoms with E-state index in [1.54, 1.807) is 50.2 Å². The van der Waals surface area contributed by atoms with Crippen molar-refractivity contribution in [1.29, 1.82) is 0 Å². The van der Waals surface area contributed by atoms with Crippen LogP contribution in [0.4, 0.5) is 5.69 Å². The van der Waals surface area contributed by atoms with Crippen molar-refractivity contribution in [3.8, 4) is 0 Å². The number of esters is 1. The minimum atomic E-state index is -4.53. The number of ketones is 1. The quantitative estimate of drug-likeness (QED) is 0.135. The standard InChI is InChI=1S/C33H26ClNO7S/c1-4-41-33(38)30-21(3)42-29-18-15-24(19-28(29)30)35(43(39,40)25-16-9-20(2)10-17-25)32(37)27-8-6-5-7-26(27)31(36)22-11-13-23(34)14-12-22/h5-19H,4H2,1-3H3. The number of sulfonamides is 1. The molecule has 0 N–H and O–H groups in total. The molecule has 0 saturated heterocycles. The Bertz CT molecular complexity index is 1980. The number of carbonyl (C=O) groups is 3. The second-order valence-corrected chi connectivity index (χ2v) is 11.9. The first kappa shape index (κ1) is 29.8. The van der Waals surface area contributed by atoms with Gasteiger partial charge in [0, 0.05) is 21.5 Å². The lowest BCUT2D eigenvalue weighted by Gasteiger charge is -2.24. The maximum atomic E-state index is 14.4. The summed E-state index contributed by atoms with van der Waals surface area (Å²) in [5, 5.41) is 0.708. The highest BCUT2D eigenvalue weighted by atomic mass is 35.5. The molecular formula is C33H26ClNO7S. The van der Waals surface area contributed by atoms with Crippen molar-refractivity contribution < 1.29 is 32.0 Å². The Morgan fingerprint density at radius 1 is 0.860 bits per heavy atom. The van der Waals surface area contributed by atoms with Crippen LogP contribution in [-0.2, 0) is 14.8 Å². The van der Waals surface area contributed by atoms with Gasteiger partial charge in [-0.25, -0.2) is 13.2 Å². The van der Waals surface area contributed by atoms with E-state index in [4.69, 9.17) is 20.8 Å². The Balaban J connectivity index is 1.71. The third-order valence-corrected chi connectivity index (χ3v) is 8.79. The smallest absolute Gasteiger partial charge is 0.342 e. The van der Waals surface area contributed by atoms with Crippen molar-refractivity contribution in [1.82, 2.24) is 0 Å². The van der Waals surface area contributed by atoms with Gasteiger partial charge >= 0.3 is 5.97 Å². The number of ether oxygens (including phenoxy) is 1. The fourth-order valence-electron chi connectivity index (χ4n) is 4.71. The summed E-state index contributed by atoms with van der Waals surface area (Å²) in [4.78, 5) is 40.5. The number of hydrogen-bond donors (Lipinski definition) is 0. The molecule has 218 valence electrons. The van der Waals surface area contributed by atoms with Gasteiger partial charge in [0.2, 0.25) is 0 Å². The first-order valence-corrected chi connectivity index (χ1v) is 15.1.